The molecule has 9 fully saturated rings. The van der Waals surface area contributed by atoms with Gasteiger partial charge in [0.1, 0.15) is 5.75 Å². The van der Waals surface area contributed by atoms with Gasteiger partial charge in [-0.1, -0.05) is 324 Å². The molecule has 818 valence electrons. The van der Waals surface area contributed by atoms with Crippen molar-refractivity contribution in [1.29, 1.82) is 0 Å². The van der Waals surface area contributed by atoms with Gasteiger partial charge < -0.3 is 4.74 Å². The van der Waals surface area contributed by atoms with Crippen LogP contribution in [-0.4, -0.2) is 5.97 Å². The smallest absolute Gasteiger partial charge is 0.314 e. The molecule has 2 heteroatoms. The van der Waals surface area contributed by atoms with Gasteiger partial charge in [0, 0.05) is 0 Å². The van der Waals surface area contributed by atoms with Crippen LogP contribution in [0.15, 0.2) is 159 Å². The summed E-state index contributed by atoms with van der Waals surface area (Å²) in [4.78, 5) is 11.2. The van der Waals surface area contributed by atoms with Gasteiger partial charge in [0.15, 0.2) is 0 Å². The van der Waals surface area contributed by atoms with Crippen molar-refractivity contribution in [3.63, 3.8) is 0 Å². The number of ether oxygens (including phenoxy) is 1. The van der Waals surface area contributed by atoms with Gasteiger partial charge in [-0.25, -0.2) is 0 Å². The number of esters is 1. The molecule has 2 nitrogen and oxygen atoms in total. The number of rotatable bonds is 0. The molecular weight excluding hydrogens is 1750 g/mol. The molecule has 1 aliphatic heterocycles. The van der Waals surface area contributed by atoms with E-state index in [-0.39, 0.29) is 11.9 Å². The van der Waals surface area contributed by atoms with Gasteiger partial charge >= 0.3 is 5.97 Å². The third kappa shape index (κ3) is 42.8. The molecule has 1 heterocycles. The van der Waals surface area contributed by atoms with E-state index in [1.54, 1.807) is 50.2 Å². The van der Waals surface area contributed by atoms with E-state index in [4.69, 9.17) is 4.74 Å². The molecule has 9 saturated carbocycles. The van der Waals surface area contributed by atoms with Crippen molar-refractivity contribution in [2.75, 3.05) is 0 Å². The maximum absolute atomic E-state index is 11.2. The van der Waals surface area contributed by atoms with E-state index in [1.165, 1.54) is 327 Å². The molecule has 22 aliphatic rings. The molecule has 1 aromatic carbocycles. The Hall–Kier alpha value is -4.43. The Morgan fingerprint density at radius 2 is 0.579 bits per heavy atom. The zero-order chi connectivity index (χ0) is 104. The lowest BCUT2D eigenvalue weighted by Crippen LogP contribution is -2.26. The van der Waals surface area contributed by atoms with Crippen molar-refractivity contribution in [3.05, 3.63) is 171 Å². The first-order valence-electron chi connectivity index (χ1n) is 63.8. The van der Waals surface area contributed by atoms with Crippen LogP contribution in [0.1, 0.15) is 512 Å². The summed E-state index contributed by atoms with van der Waals surface area (Å²) in [6, 6.07) is 6.00. The van der Waals surface area contributed by atoms with Gasteiger partial charge in [0.25, 0.3) is 0 Å². The van der Waals surface area contributed by atoms with Gasteiger partial charge in [-0.15, -0.1) is 0 Å². The molecule has 145 heavy (non-hydrogen) atoms. The number of allylic oxidation sites excluding steroid dienone is 24. The fourth-order valence-corrected chi connectivity index (χ4v) is 30.9. The number of fused-ring (bicyclic) bond motifs is 10. The molecule has 0 N–H and O–H groups in total. The summed E-state index contributed by atoms with van der Waals surface area (Å²) >= 11 is 0. The molecule has 0 spiro atoms. The first-order valence-corrected chi connectivity index (χ1v) is 63.8. The van der Waals surface area contributed by atoms with E-state index in [0.717, 1.165) is 219 Å². The highest BCUT2D eigenvalue weighted by atomic mass is 16.5. The fourth-order valence-electron chi connectivity index (χ4n) is 30.9. The number of benzene rings is 1. The van der Waals surface area contributed by atoms with E-state index in [0.29, 0.717) is 0 Å². The summed E-state index contributed by atoms with van der Waals surface area (Å²) in [5.74, 6) is 32.5. The van der Waals surface area contributed by atoms with Crippen LogP contribution in [0.2, 0.25) is 0 Å². The zero-order valence-electron chi connectivity index (χ0n) is 100. The Labute approximate surface area is 900 Å². The molecule has 0 amide bonds. The number of carbonyl (C=O) groups is 1. The SMILES string of the molecule is CC1=CC2CCC(C)CC2CC1.CC1=CC2CCC(C)CC2CC1.CC1=CCC(C)CC1.CC1=CCC(C)CC1.CC1=CCC2CC(C)CCC2C1.CC1=CCC2CC(C)CCC2C1.CC1C=C2CCC(C)CC2CC1.CC1C=C2CCC(C)CC2CC1.CC1C=CC(C)CC1.CC1C=CC2CC(C)CCC2C1.CC1C=CC2CC(C)CCC2C1.CC1CCC2CC(C)CC=C2C1.Cc1ccc2c(c1)OC(=O)C(C)C2. The minimum atomic E-state index is -0.113. The number of aryl methyl sites for hydroxylation is 1. The van der Waals surface area contributed by atoms with E-state index in [2.05, 4.69) is 257 Å². The summed E-state index contributed by atoms with van der Waals surface area (Å²) in [5.41, 5.74) is 17.4. The van der Waals surface area contributed by atoms with Crippen LogP contribution in [0.3, 0.4) is 0 Å². The Balaban J connectivity index is 0.000000150. The van der Waals surface area contributed by atoms with Gasteiger partial charge in [-0.3, -0.25) is 4.79 Å². The molecule has 34 atom stereocenters. The number of carbonyl (C=O) groups excluding carboxylic acids is 1. The molecular formula is C143H234O2. The third-order valence-corrected chi connectivity index (χ3v) is 41.1. The maximum atomic E-state index is 11.2. The predicted octanol–water partition coefficient (Wildman–Crippen LogP) is 43.9. The minimum Gasteiger partial charge on any atom is -0.426 e. The molecule has 21 aliphatic carbocycles. The van der Waals surface area contributed by atoms with Crippen molar-refractivity contribution in [3.8, 4) is 5.75 Å². The molecule has 0 aromatic heterocycles. The van der Waals surface area contributed by atoms with Crippen molar-refractivity contribution in [2.45, 2.75) is 514 Å². The van der Waals surface area contributed by atoms with Gasteiger partial charge in [0.05, 0.1) is 5.92 Å². The molecule has 34 unspecified atom stereocenters. The van der Waals surface area contributed by atoms with Crippen LogP contribution in [-0.2, 0) is 11.2 Å². The topological polar surface area (TPSA) is 26.3 Å². The van der Waals surface area contributed by atoms with Crippen LogP contribution in [0.25, 0.3) is 0 Å². The average Bonchev–Trinajstić information content (AvgIpc) is 0.798. The standard InChI is InChI=1S/9C12H20.C11H12O2.3C8H14/c9*1-9-3-5-12-8-10(2)4-6-11(12)7-9;1-7-3-4-9-6-8(2)11(12)13-10(9)5-7;3*1-7-3-5-8(2)6-4-7/h2*7,10-12H,3-6,8H2,1-2H3;2*7,9-10,12H,3-6,8H2,1-2H3;5,9-11H,3-4,6-8H2,1-2H3;2*3,10-12H,4-8H2,1-2H3;2*3,5,9-12H,4,6-8H2,1-2H3;3-5,8H,6H2,1-2H3;2*3,8H,4-6H2,1-2H3;3,5,7-8H,4,6H2,1-2H3. The summed E-state index contributed by atoms with van der Waals surface area (Å²) in [6.07, 6.45) is 111. The number of hydrogen-bond acceptors (Lipinski definition) is 2. The van der Waals surface area contributed by atoms with E-state index in [1.807, 2.05) is 32.0 Å². The highest BCUT2D eigenvalue weighted by Crippen LogP contribution is 2.51. The summed E-state index contributed by atoms with van der Waals surface area (Å²) < 4.78 is 5.19. The molecule has 23 rings (SSSR count). The summed E-state index contributed by atoms with van der Waals surface area (Å²) in [6.45, 7) is 60.3. The van der Waals surface area contributed by atoms with Crippen molar-refractivity contribution in [1.82, 2.24) is 0 Å². The summed E-state index contributed by atoms with van der Waals surface area (Å²) in [7, 11) is 0. The Bertz CT molecular complexity index is 4110. The summed E-state index contributed by atoms with van der Waals surface area (Å²) in [5, 5.41) is 0. The first kappa shape index (κ1) is 121. The van der Waals surface area contributed by atoms with E-state index < -0.39 is 0 Å². The monoisotopic (exact) mass is 1980 g/mol. The first-order chi connectivity index (χ1) is 69.3. The highest BCUT2D eigenvalue weighted by Gasteiger charge is 2.38. The largest absolute Gasteiger partial charge is 0.426 e. The quantitative estimate of drug-likeness (QED) is 0.147. The van der Waals surface area contributed by atoms with Crippen molar-refractivity contribution >= 4 is 5.97 Å². The van der Waals surface area contributed by atoms with Crippen LogP contribution < -0.4 is 4.74 Å². The Kier molecular flexibility index (Phi) is 51.8. The number of hydrogen-bond donors (Lipinski definition) is 0. The Morgan fingerprint density at radius 3 is 1.01 bits per heavy atom. The Morgan fingerprint density at radius 1 is 0.228 bits per heavy atom. The lowest BCUT2D eigenvalue weighted by atomic mass is 9.68. The normalized spacial score (nSPS) is 39.3. The van der Waals surface area contributed by atoms with Crippen molar-refractivity contribution in [2.24, 2.45) is 201 Å². The van der Waals surface area contributed by atoms with Crippen molar-refractivity contribution < 1.29 is 9.53 Å². The zero-order valence-corrected chi connectivity index (χ0v) is 100. The van der Waals surface area contributed by atoms with E-state index in [9.17, 15) is 4.79 Å². The molecule has 1 aromatic rings. The second-order valence-corrected chi connectivity index (χ2v) is 56.6. The van der Waals surface area contributed by atoms with Gasteiger partial charge in [-0.2, -0.15) is 0 Å². The third-order valence-electron chi connectivity index (χ3n) is 41.1. The van der Waals surface area contributed by atoms with Gasteiger partial charge in [0.2, 0.25) is 0 Å². The maximum Gasteiger partial charge on any atom is 0.314 e. The molecule has 0 bridgehead atoms. The minimum absolute atomic E-state index is 0.00444. The van der Waals surface area contributed by atoms with Gasteiger partial charge in [-0.05, 0) is 556 Å². The lowest BCUT2D eigenvalue weighted by Gasteiger charge is -2.37. The van der Waals surface area contributed by atoms with Crippen LogP contribution in [0.4, 0.5) is 0 Å². The second kappa shape index (κ2) is 62.2. The fraction of sp³-hybridized carbons (Fsp3) is 0.783. The molecule has 0 saturated heterocycles. The lowest BCUT2D eigenvalue weighted by molar-refractivity contribution is -0.139. The average molecular weight is 1990 g/mol. The molecule has 0 radical (unpaired) electrons. The second-order valence-electron chi connectivity index (χ2n) is 56.6. The van der Waals surface area contributed by atoms with Crippen LogP contribution >= 0.6 is 0 Å². The predicted molar refractivity (Wildman–Crippen MR) is 637 cm³/mol. The highest BCUT2D eigenvalue weighted by molar-refractivity contribution is 5.77. The van der Waals surface area contributed by atoms with Crippen LogP contribution in [0, 0.1) is 208 Å². The van der Waals surface area contributed by atoms with E-state index >= 15 is 0 Å². The van der Waals surface area contributed by atoms with Crippen LogP contribution in [0.5, 0.6) is 5.75 Å².